The first-order chi connectivity index (χ1) is 16.3. The van der Waals surface area contributed by atoms with Gasteiger partial charge in [0.1, 0.15) is 0 Å². The van der Waals surface area contributed by atoms with E-state index in [1.807, 2.05) is 31.4 Å². The summed E-state index contributed by atoms with van der Waals surface area (Å²) >= 11 is 3.15. The number of nitrogens with zero attached hydrogens (tertiary/aromatic N) is 3. The fourth-order valence-electron chi connectivity index (χ4n) is 3.71. The van der Waals surface area contributed by atoms with Crippen LogP contribution in [0.2, 0.25) is 0 Å². The molecule has 2 aromatic carbocycles. The van der Waals surface area contributed by atoms with E-state index < -0.39 is 9.84 Å². The molecule has 0 aliphatic heterocycles. The molecule has 0 saturated heterocycles. The molecule has 3 rings (SSSR count). The first kappa shape index (κ1) is 29.6. The van der Waals surface area contributed by atoms with E-state index in [4.69, 9.17) is 4.98 Å². The second-order valence-electron chi connectivity index (χ2n) is 8.11. The van der Waals surface area contributed by atoms with E-state index in [9.17, 15) is 13.2 Å². The molecular formula is C25H34ClN3O3S3. The highest BCUT2D eigenvalue weighted by Crippen LogP contribution is 2.34. The zero-order valence-electron chi connectivity index (χ0n) is 20.7. The Morgan fingerprint density at radius 1 is 1.06 bits per heavy atom. The highest BCUT2D eigenvalue weighted by molar-refractivity contribution is 7.98. The van der Waals surface area contributed by atoms with Gasteiger partial charge in [-0.25, -0.2) is 13.4 Å². The molecule has 0 spiro atoms. The summed E-state index contributed by atoms with van der Waals surface area (Å²) in [5, 5.41) is 0.676. The number of carbonyl (C=O) groups is 1. The molecule has 0 radical (unpaired) electrons. The largest absolute Gasteiger partial charge is 0.302 e. The summed E-state index contributed by atoms with van der Waals surface area (Å²) in [6.45, 7) is 9.22. The van der Waals surface area contributed by atoms with Gasteiger partial charge in [-0.15, -0.1) is 24.2 Å². The summed E-state index contributed by atoms with van der Waals surface area (Å²) in [6.07, 6.45) is 2.46. The number of benzene rings is 2. The molecule has 0 aliphatic carbocycles. The number of amides is 1. The van der Waals surface area contributed by atoms with Crippen LogP contribution in [-0.4, -0.2) is 62.4 Å². The van der Waals surface area contributed by atoms with Crippen LogP contribution >= 0.6 is 35.5 Å². The lowest BCUT2D eigenvalue weighted by molar-refractivity contribution is -0.118. The first-order valence-electron chi connectivity index (χ1n) is 11.5. The Labute approximate surface area is 223 Å². The maximum atomic E-state index is 13.3. The highest BCUT2D eigenvalue weighted by atomic mass is 35.5. The summed E-state index contributed by atoms with van der Waals surface area (Å²) in [5.41, 5.74) is 1.93. The number of halogens is 1. The number of sulfone groups is 1. The van der Waals surface area contributed by atoms with Crippen LogP contribution < -0.4 is 4.90 Å². The summed E-state index contributed by atoms with van der Waals surface area (Å²) < 4.78 is 26.4. The average molecular weight is 556 g/mol. The minimum absolute atomic E-state index is 0. The maximum absolute atomic E-state index is 13.3. The number of thiazole rings is 1. The second kappa shape index (κ2) is 13.6. The summed E-state index contributed by atoms with van der Waals surface area (Å²) in [4.78, 5) is 23.5. The van der Waals surface area contributed by atoms with Gasteiger partial charge in [-0.05, 0) is 57.0 Å². The van der Waals surface area contributed by atoms with Crippen molar-refractivity contribution in [2.45, 2.75) is 43.4 Å². The Morgan fingerprint density at radius 2 is 1.74 bits per heavy atom. The smallest absolute Gasteiger partial charge is 0.228 e. The third-order valence-electron chi connectivity index (χ3n) is 5.84. The molecule has 3 aromatic rings. The van der Waals surface area contributed by atoms with Gasteiger partial charge >= 0.3 is 0 Å². The van der Waals surface area contributed by atoms with Gasteiger partial charge in [-0.1, -0.05) is 48.9 Å². The number of para-hydroxylation sites is 1. The Bertz CT molecular complexity index is 1210. The molecule has 1 aromatic heterocycles. The van der Waals surface area contributed by atoms with Crippen molar-refractivity contribution in [3.63, 3.8) is 0 Å². The van der Waals surface area contributed by atoms with Gasteiger partial charge in [-0.2, -0.15) is 0 Å². The van der Waals surface area contributed by atoms with Crippen LogP contribution in [0.1, 0.15) is 32.3 Å². The van der Waals surface area contributed by atoms with Crippen LogP contribution in [0.5, 0.6) is 0 Å². The number of thioether (sulfide) groups is 1. The molecular weight excluding hydrogens is 522 g/mol. The lowest BCUT2D eigenvalue weighted by Gasteiger charge is -2.24. The van der Waals surface area contributed by atoms with Crippen LogP contribution in [0.3, 0.4) is 0 Å². The highest BCUT2D eigenvalue weighted by Gasteiger charge is 2.22. The number of hydrogen-bond acceptors (Lipinski definition) is 7. The molecule has 1 amide bonds. The van der Waals surface area contributed by atoms with Crippen molar-refractivity contribution >= 4 is 66.6 Å². The molecule has 0 aliphatic rings. The van der Waals surface area contributed by atoms with Gasteiger partial charge in [0.05, 0.1) is 20.9 Å². The quantitative estimate of drug-likeness (QED) is 0.268. The third kappa shape index (κ3) is 7.67. The van der Waals surface area contributed by atoms with Crippen molar-refractivity contribution in [3.8, 4) is 0 Å². The average Bonchev–Trinajstić information content (AvgIpc) is 3.26. The molecule has 0 unspecified atom stereocenters. The summed E-state index contributed by atoms with van der Waals surface area (Å²) in [7, 11) is -3.42. The van der Waals surface area contributed by atoms with Gasteiger partial charge in [0.2, 0.25) is 5.91 Å². The lowest BCUT2D eigenvalue weighted by atomic mass is 10.2. The minimum atomic E-state index is -3.42. The molecule has 10 heteroatoms. The van der Waals surface area contributed by atoms with Crippen molar-refractivity contribution in [2.24, 2.45) is 0 Å². The number of anilines is 1. The molecule has 0 bridgehead atoms. The topological polar surface area (TPSA) is 70.6 Å². The van der Waals surface area contributed by atoms with E-state index in [0.29, 0.717) is 16.6 Å². The van der Waals surface area contributed by atoms with E-state index >= 15 is 0 Å². The predicted molar refractivity (Wildman–Crippen MR) is 151 cm³/mol. The van der Waals surface area contributed by atoms with Crippen LogP contribution in [-0.2, 0) is 14.6 Å². The number of aryl methyl sites for hydroxylation is 1. The monoisotopic (exact) mass is 555 g/mol. The van der Waals surface area contributed by atoms with Gasteiger partial charge in [-0.3, -0.25) is 9.69 Å². The fourth-order valence-corrected chi connectivity index (χ4v) is 6.69. The number of carbonyl (C=O) groups excluding carboxylic acids is 1. The molecule has 0 saturated carbocycles. The Hall–Kier alpha value is -1.65. The van der Waals surface area contributed by atoms with Crippen LogP contribution in [0.15, 0.2) is 52.3 Å². The zero-order chi connectivity index (χ0) is 24.7. The Kier molecular flexibility index (Phi) is 11.5. The zero-order valence-corrected chi connectivity index (χ0v) is 24.0. The maximum Gasteiger partial charge on any atom is 0.228 e. The molecule has 0 fully saturated rings. The molecule has 1 heterocycles. The predicted octanol–water partition coefficient (Wildman–Crippen LogP) is 5.68. The van der Waals surface area contributed by atoms with E-state index in [-0.39, 0.29) is 36.9 Å². The second-order valence-corrected chi connectivity index (χ2v) is 12.1. The number of fused-ring (bicyclic) bond motifs is 1. The minimum Gasteiger partial charge on any atom is -0.302 e. The van der Waals surface area contributed by atoms with Crippen LogP contribution in [0.4, 0.5) is 5.13 Å². The first-order valence-corrected chi connectivity index (χ1v) is 15.2. The molecule has 6 nitrogen and oxygen atoms in total. The van der Waals surface area contributed by atoms with Gasteiger partial charge in [0, 0.05) is 24.4 Å². The Morgan fingerprint density at radius 3 is 2.37 bits per heavy atom. The van der Waals surface area contributed by atoms with E-state index in [1.54, 1.807) is 40.9 Å². The normalized spacial score (nSPS) is 11.6. The van der Waals surface area contributed by atoms with Crippen molar-refractivity contribution in [1.82, 2.24) is 9.88 Å². The summed E-state index contributed by atoms with van der Waals surface area (Å²) in [6, 6.07) is 12.9. The number of hydrogen-bond donors (Lipinski definition) is 0. The molecule has 0 N–H and O–H groups in total. The SMILES string of the molecule is CCN(CC)CCN(C(=O)CCCS(=O)(=O)c1ccc(C)cc1)c1nc2c(SC)cccc2s1.Cl. The van der Waals surface area contributed by atoms with Gasteiger partial charge in [0.25, 0.3) is 0 Å². The Balaban J connectivity index is 0.00000432. The third-order valence-corrected chi connectivity index (χ3v) is 9.47. The number of rotatable bonds is 12. The van der Waals surface area contributed by atoms with Crippen molar-refractivity contribution in [3.05, 3.63) is 48.0 Å². The van der Waals surface area contributed by atoms with E-state index in [2.05, 4.69) is 18.7 Å². The summed E-state index contributed by atoms with van der Waals surface area (Å²) in [5.74, 6) is -0.140. The molecule has 35 heavy (non-hydrogen) atoms. The van der Waals surface area contributed by atoms with Crippen LogP contribution in [0, 0.1) is 6.92 Å². The van der Waals surface area contributed by atoms with Gasteiger partial charge < -0.3 is 4.90 Å². The van der Waals surface area contributed by atoms with Gasteiger partial charge in [0.15, 0.2) is 15.0 Å². The van der Waals surface area contributed by atoms with E-state index in [1.165, 1.54) is 11.3 Å². The molecule has 192 valence electrons. The lowest BCUT2D eigenvalue weighted by Crippen LogP contribution is -2.38. The number of likely N-dealkylation sites (N-methyl/N-ethyl adjacent to an activating group) is 1. The van der Waals surface area contributed by atoms with Crippen molar-refractivity contribution < 1.29 is 13.2 Å². The van der Waals surface area contributed by atoms with Crippen molar-refractivity contribution in [1.29, 1.82) is 0 Å². The molecule has 0 atom stereocenters. The number of aromatic nitrogens is 1. The van der Waals surface area contributed by atoms with Crippen LogP contribution in [0.25, 0.3) is 10.2 Å². The van der Waals surface area contributed by atoms with E-state index in [0.717, 1.165) is 40.3 Å². The fraction of sp³-hybridized carbons (Fsp3) is 0.440. The van der Waals surface area contributed by atoms with Crippen molar-refractivity contribution in [2.75, 3.05) is 43.1 Å². The standard InChI is InChI=1S/C25H33N3O3S3.ClH/c1-5-27(6-2)16-17-28(25-26-24-21(32-4)9-7-10-22(24)33-25)23(29)11-8-18-34(30,31)20-14-12-19(3)13-15-20;/h7,9-10,12-15H,5-6,8,11,16-18H2,1-4H3;1H.